The standard InChI is InChI=1S/C17H19ClO3/c1-3-9-7-10(18)8-13(21-2)14(9)15-16(19)11-5-4-6-12(11)17(15)20/h7-8,11-12,15H,3-6H2,1-2H3. The minimum absolute atomic E-state index is 0.0763. The monoisotopic (exact) mass is 306 g/mol. The largest absolute Gasteiger partial charge is 0.496 e. The van der Waals surface area contributed by atoms with Crippen molar-refractivity contribution in [2.45, 2.75) is 38.5 Å². The molecule has 3 nitrogen and oxygen atoms in total. The molecule has 0 amide bonds. The molecule has 2 unspecified atom stereocenters. The van der Waals surface area contributed by atoms with Gasteiger partial charge < -0.3 is 4.74 Å². The quantitative estimate of drug-likeness (QED) is 0.802. The van der Waals surface area contributed by atoms with Crippen LogP contribution in [-0.2, 0) is 16.0 Å². The molecule has 0 bridgehead atoms. The fourth-order valence-electron chi connectivity index (χ4n) is 3.93. The van der Waals surface area contributed by atoms with E-state index < -0.39 is 5.92 Å². The zero-order chi connectivity index (χ0) is 15.1. The number of halogens is 1. The highest BCUT2D eigenvalue weighted by atomic mass is 35.5. The van der Waals surface area contributed by atoms with Gasteiger partial charge in [-0.1, -0.05) is 24.9 Å². The number of ketones is 2. The number of aryl methyl sites for hydroxylation is 1. The molecule has 0 aliphatic heterocycles. The lowest BCUT2D eigenvalue weighted by Gasteiger charge is -2.18. The Morgan fingerprint density at radius 3 is 2.33 bits per heavy atom. The normalized spacial score (nSPS) is 28.0. The van der Waals surface area contributed by atoms with E-state index in [1.807, 2.05) is 13.0 Å². The summed E-state index contributed by atoms with van der Waals surface area (Å²) in [5.74, 6) is -0.0793. The van der Waals surface area contributed by atoms with E-state index in [4.69, 9.17) is 16.3 Å². The highest BCUT2D eigenvalue weighted by Gasteiger charge is 2.52. The van der Waals surface area contributed by atoms with Crippen LogP contribution in [0.25, 0.3) is 0 Å². The number of carbonyl (C=O) groups excluding carboxylic acids is 2. The minimum atomic E-state index is -0.650. The smallest absolute Gasteiger partial charge is 0.151 e. The van der Waals surface area contributed by atoms with E-state index in [0.717, 1.165) is 36.8 Å². The minimum Gasteiger partial charge on any atom is -0.496 e. The number of fused-ring (bicyclic) bond motifs is 1. The van der Waals surface area contributed by atoms with Crippen LogP contribution in [0.4, 0.5) is 0 Å². The molecule has 1 aromatic carbocycles. The lowest BCUT2D eigenvalue weighted by Crippen LogP contribution is -2.18. The first-order chi connectivity index (χ1) is 10.1. The van der Waals surface area contributed by atoms with E-state index in [0.29, 0.717) is 10.8 Å². The van der Waals surface area contributed by atoms with E-state index in [-0.39, 0.29) is 23.4 Å². The summed E-state index contributed by atoms with van der Waals surface area (Å²) in [7, 11) is 1.55. The van der Waals surface area contributed by atoms with E-state index in [1.165, 1.54) is 0 Å². The Labute approximate surface area is 129 Å². The molecule has 0 radical (unpaired) electrons. The summed E-state index contributed by atoms with van der Waals surface area (Å²) < 4.78 is 5.41. The molecule has 2 aliphatic rings. The van der Waals surface area contributed by atoms with Gasteiger partial charge in [-0.2, -0.15) is 0 Å². The van der Waals surface area contributed by atoms with Crippen LogP contribution in [0.15, 0.2) is 12.1 Å². The predicted molar refractivity (Wildman–Crippen MR) is 81.0 cm³/mol. The van der Waals surface area contributed by atoms with Gasteiger partial charge in [-0.3, -0.25) is 9.59 Å². The van der Waals surface area contributed by atoms with Crippen molar-refractivity contribution in [3.63, 3.8) is 0 Å². The van der Waals surface area contributed by atoms with Crippen molar-refractivity contribution in [1.82, 2.24) is 0 Å². The molecule has 1 aromatic rings. The average Bonchev–Trinajstić information content (AvgIpc) is 3.04. The summed E-state index contributed by atoms with van der Waals surface area (Å²) in [6.07, 6.45) is 3.41. The molecule has 21 heavy (non-hydrogen) atoms. The molecule has 4 heteroatoms. The molecule has 0 saturated heterocycles. The van der Waals surface area contributed by atoms with Crippen LogP contribution in [0.1, 0.15) is 43.2 Å². The van der Waals surface area contributed by atoms with Crippen LogP contribution in [0.3, 0.4) is 0 Å². The lowest BCUT2D eigenvalue weighted by molar-refractivity contribution is -0.125. The SMILES string of the molecule is CCc1cc(Cl)cc(OC)c1C1C(=O)C2CCCC2C1=O. The van der Waals surface area contributed by atoms with Gasteiger partial charge in [0.2, 0.25) is 0 Å². The number of carbonyl (C=O) groups is 2. The fraction of sp³-hybridized carbons (Fsp3) is 0.529. The van der Waals surface area contributed by atoms with Crippen molar-refractivity contribution in [1.29, 1.82) is 0 Å². The zero-order valence-electron chi connectivity index (χ0n) is 12.3. The van der Waals surface area contributed by atoms with E-state index in [1.54, 1.807) is 13.2 Å². The number of rotatable bonds is 3. The summed E-state index contributed by atoms with van der Waals surface area (Å²) in [6, 6.07) is 3.54. The molecule has 112 valence electrons. The van der Waals surface area contributed by atoms with Gasteiger partial charge in [-0.05, 0) is 37.0 Å². The van der Waals surface area contributed by atoms with Gasteiger partial charge in [-0.15, -0.1) is 0 Å². The average molecular weight is 307 g/mol. The molecule has 0 spiro atoms. The van der Waals surface area contributed by atoms with Gasteiger partial charge in [0.1, 0.15) is 11.7 Å². The molecule has 2 atom stereocenters. The fourth-order valence-corrected chi connectivity index (χ4v) is 4.16. The van der Waals surface area contributed by atoms with Crippen molar-refractivity contribution >= 4 is 23.2 Å². The Morgan fingerprint density at radius 2 is 1.81 bits per heavy atom. The lowest BCUT2D eigenvalue weighted by atomic mass is 9.87. The molecular formula is C17H19ClO3. The first-order valence-corrected chi connectivity index (χ1v) is 7.90. The Kier molecular flexibility index (Phi) is 3.78. The Balaban J connectivity index is 2.12. The molecule has 2 aliphatic carbocycles. The van der Waals surface area contributed by atoms with Gasteiger partial charge >= 0.3 is 0 Å². The van der Waals surface area contributed by atoms with Crippen molar-refractivity contribution < 1.29 is 14.3 Å². The van der Waals surface area contributed by atoms with E-state index in [9.17, 15) is 9.59 Å². The third-order valence-corrected chi connectivity index (χ3v) is 5.12. The first kappa shape index (κ1) is 14.6. The number of ether oxygens (including phenoxy) is 1. The van der Waals surface area contributed by atoms with Crippen LogP contribution in [-0.4, -0.2) is 18.7 Å². The van der Waals surface area contributed by atoms with Gasteiger partial charge in [0, 0.05) is 22.4 Å². The summed E-state index contributed by atoms with van der Waals surface area (Å²) in [6.45, 7) is 2.00. The summed E-state index contributed by atoms with van der Waals surface area (Å²) >= 11 is 6.10. The van der Waals surface area contributed by atoms with Gasteiger partial charge in [-0.25, -0.2) is 0 Å². The highest BCUT2D eigenvalue weighted by Crippen LogP contribution is 2.48. The maximum absolute atomic E-state index is 12.7. The Morgan fingerprint density at radius 1 is 1.19 bits per heavy atom. The van der Waals surface area contributed by atoms with Crippen LogP contribution in [0.2, 0.25) is 5.02 Å². The number of benzene rings is 1. The molecule has 0 aromatic heterocycles. The van der Waals surface area contributed by atoms with Crippen LogP contribution in [0.5, 0.6) is 5.75 Å². The second-order valence-electron chi connectivity index (χ2n) is 5.92. The topological polar surface area (TPSA) is 43.4 Å². The second kappa shape index (κ2) is 5.45. The summed E-state index contributed by atoms with van der Waals surface area (Å²) in [5.41, 5.74) is 1.68. The Bertz CT molecular complexity index is 561. The highest BCUT2D eigenvalue weighted by molar-refractivity contribution is 6.31. The van der Waals surface area contributed by atoms with Crippen molar-refractivity contribution in [2.75, 3.05) is 7.11 Å². The van der Waals surface area contributed by atoms with Crippen molar-refractivity contribution in [3.8, 4) is 5.75 Å². The third-order valence-electron chi connectivity index (χ3n) is 4.90. The molecule has 3 rings (SSSR count). The predicted octanol–water partition coefficient (Wildman–Crippen LogP) is 3.56. The maximum Gasteiger partial charge on any atom is 0.151 e. The van der Waals surface area contributed by atoms with E-state index in [2.05, 4.69) is 0 Å². The summed E-state index contributed by atoms with van der Waals surface area (Å²) in [4.78, 5) is 25.4. The number of Topliss-reactive ketones (excluding diaryl/α,β-unsaturated/α-hetero) is 2. The van der Waals surface area contributed by atoms with Gasteiger partial charge in [0.05, 0.1) is 7.11 Å². The molecule has 0 N–H and O–H groups in total. The second-order valence-corrected chi connectivity index (χ2v) is 6.35. The number of methoxy groups -OCH3 is 1. The summed E-state index contributed by atoms with van der Waals surface area (Å²) in [5, 5.41) is 0.575. The van der Waals surface area contributed by atoms with Crippen molar-refractivity contribution in [3.05, 3.63) is 28.3 Å². The van der Waals surface area contributed by atoms with Gasteiger partial charge in [0.25, 0.3) is 0 Å². The molecule has 0 heterocycles. The maximum atomic E-state index is 12.7. The molecule has 2 fully saturated rings. The van der Waals surface area contributed by atoms with Crippen LogP contribution >= 0.6 is 11.6 Å². The molecular weight excluding hydrogens is 288 g/mol. The van der Waals surface area contributed by atoms with Crippen LogP contribution in [0, 0.1) is 11.8 Å². The number of hydrogen-bond acceptors (Lipinski definition) is 3. The van der Waals surface area contributed by atoms with Crippen molar-refractivity contribution in [2.24, 2.45) is 11.8 Å². The zero-order valence-corrected chi connectivity index (χ0v) is 13.1. The Hall–Kier alpha value is -1.35. The van der Waals surface area contributed by atoms with Crippen LogP contribution < -0.4 is 4.74 Å². The molecule has 2 saturated carbocycles. The third kappa shape index (κ3) is 2.18. The van der Waals surface area contributed by atoms with E-state index >= 15 is 0 Å². The van der Waals surface area contributed by atoms with Gasteiger partial charge in [0.15, 0.2) is 11.6 Å². The number of hydrogen-bond donors (Lipinski definition) is 0. The first-order valence-electron chi connectivity index (χ1n) is 7.52.